The molecule has 2 aromatic carbocycles. The molecule has 2 aromatic rings. The number of ketones is 1. The van der Waals surface area contributed by atoms with Crippen LogP contribution in [0.3, 0.4) is 0 Å². The van der Waals surface area contributed by atoms with E-state index in [1.165, 1.54) is 0 Å². The monoisotopic (exact) mass is 391 g/mol. The van der Waals surface area contributed by atoms with Crippen molar-refractivity contribution in [1.82, 2.24) is 0 Å². The number of anilines is 1. The van der Waals surface area contributed by atoms with Crippen molar-refractivity contribution in [3.8, 4) is 5.75 Å². The number of esters is 1. The molecule has 6 heteroatoms. The minimum atomic E-state index is -0.300. The van der Waals surface area contributed by atoms with Crippen LogP contribution >= 0.6 is 0 Å². The van der Waals surface area contributed by atoms with E-state index in [1.807, 2.05) is 18.2 Å². The van der Waals surface area contributed by atoms with Gasteiger partial charge in [0.1, 0.15) is 11.9 Å². The van der Waals surface area contributed by atoms with E-state index in [-0.39, 0.29) is 54.0 Å². The Morgan fingerprint density at radius 1 is 1.03 bits per heavy atom. The highest BCUT2D eigenvalue weighted by Gasteiger charge is 2.63. The van der Waals surface area contributed by atoms with Crippen LogP contribution in [0.2, 0.25) is 0 Å². The van der Waals surface area contributed by atoms with Crippen molar-refractivity contribution in [2.75, 3.05) is 11.9 Å². The zero-order valence-electron chi connectivity index (χ0n) is 15.7. The van der Waals surface area contributed by atoms with Gasteiger partial charge in [-0.15, -0.1) is 0 Å². The molecular formula is C23H21NO5. The third-order valence-electron chi connectivity index (χ3n) is 6.37. The highest BCUT2D eigenvalue weighted by atomic mass is 16.6. The fraction of sp³-hybridized carbons (Fsp3) is 0.348. The van der Waals surface area contributed by atoms with Gasteiger partial charge < -0.3 is 14.8 Å². The molecule has 2 bridgehead atoms. The molecule has 3 aliphatic rings. The molecule has 1 N–H and O–H groups in total. The molecule has 3 fully saturated rings. The van der Waals surface area contributed by atoms with Crippen molar-refractivity contribution >= 4 is 23.3 Å². The van der Waals surface area contributed by atoms with Crippen molar-refractivity contribution in [1.29, 1.82) is 0 Å². The minimum absolute atomic E-state index is 0.0246. The Morgan fingerprint density at radius 2 is 1.79 bits per heavy atom. The quantitative estimate of drug-likeness (QED) is 0.605. The zero-order chi connectivity index (χ0) is 20.0. The molecule has 1 amide bonds. The van der Waals surface area contributed by atoms with Crippen LogP contribution in [0.5, 0.6) is 5.75 Å². The average Bonchev–Trinajstić information content (AvgIpc) is 3.36. The number of benzene rings is 2. The van der Waals surface area contributed by atoms with Crippen LogP contribution in [-0.2, 0) is 14.3 Å². The third kappa shape index (κ3) is 3.18. The van der Waals surface area contributed by atoms with Gasteiger partial charge in [-0.1, -0.05) is 30.3 Å². The van der Waals surface area contributed by atoms with Crippen molar-refractivity contribution in [3.63, 3.8) is 0 Å². The number of hydrogen-bond acceptors (Lipinski definition) is 5. The zero-order valence-corrected chi connectivity index (χ0v) is 15.7. The van der Waals surface area contributed by atoms with Gasteiger partial charge in [-0.05, 0) is 43.0 Å². The van der Waals surface area contributed by atoms with Gasteiger partial charge in [0, 0.05) is 17.2 Å². The van der Waals surface area contributed by atoms with Crippen LogP contribution in [0.25, 0.3) is 0 Å². The summed E-state index contributed by atoms with van der Waals surface area (Å²) in [6.45, 7) is -0.0498. The second-order valence-electron chi connectivity index (χ2n) is 8.01. The molecule has 0 spiro atoms. The molecule has 29 heavy (non-hydrogen) atoms. The predicted molar refractivity (Wildman–Crippen MR) is 104 cm³/mol. The first kappa shape index (κ1) is 17.9. The lowest BCUT2D eigenvalue weighted by molar-refractivity contribution is -0.145. The number of hydrogen-bond donors (Lipinski definition) is 1. The van der Waals surface area contributed by atoms with E-state index in [4.69, 9.17) is 9.47 Å². The summed E-state index contributed by atoms with van der Waals surface area (Å²) in [5, 5.41) is 2.92. The standard InChI is InChI=1S/C23H21NO5/c25-18(13-4-2-1-3-5-13)12-28-16-8-6-15(7-9-16)24-22(26)20-14-10-17-19(11-14)29-23(27)21(17)20/h1-9,14,17,19-21H,10-12H2,(H,24,26)/t14-,17+,19-,20-,21-/m1/s1. The van der Waals surface area contributed by atoms with Gasteiger partial charge in [-0.2, -0.15) is 0 Å². The Hall–Kier alpha value is -3.15. The number of nitrogens with one attached hydrogen (secondary N) is 1. The Labute approximate surface area is 168 Å². The normalized spacial score (nSPS) is 28.8. The maximum Gasteiger partial charge on any atom is 0.310 e. The van der Waals surface area contributed by atoms with Crippen LogP contribution < -0.4 is 10.1 Å². The van der Waals surface area contributed by atoms with Crippen LogP contribution in [0.4, 0.5) is 5.69 Å². The first-order chi connectivity index (χ1) is 14.1. The summed E-state index contributed by atoms with van der Waals surface area (Å²) in [6, 6.07) is 15.9. The minimum Gasteiger partial charge on any atom is -0.485 e. The number of carbonyl (C=O) groups excluding carboxylic acids is 3. The molecule has 5 atom stereocenters. The summed E-state index contributed by atoms with van der Waals surface area (Å²) in [7, 11) is 0. The maximum absolute atomic E-state index is 12.8. The number of Topliss-reactive ketones (excluding diaryl/α,β-unsaturated/α-hetero) is 1. The number of ether oxygens (including phenoxy) is 2. The summed E-state index contributed by atoms with van der Waals surface area (Å²) in [5.74, 6) is -0.0274. The molecule has 5 rings (SSSR count). The van der Waals surface area contributed by atoms with Gasteiger partial charge in [-0.3, -0.25) is 14.4 Å². The second kappa shape index (κ2) is 7.03. The van der Waals surface area contributed by atoms with Gasteiger partial charge in [0.25, 0.3) is 0 Å². The number of amides is 1. The fourth-order valence-corrected chi connectivity index (χ4v) is 5.08. The van der Waals surface area contributed by atoms with Crippen molar-refractivity contribution in [2.24, 2.45) is 23.7 Å². The van der Waals surface area contributed by atoms with Crippen LogP contribution in [-0.4, -0.2) is 30.4 Å². The lowest BCUT2D eigenvalue weighted by Gasteiger charge is -2.23. The Morgan fingerprint density at radius 3 is 2.55 bits per heavy atom. The Bertz CT molecular complexity index is 953. The number of fused-ring (bicyclic) bond motifs is 1. The van der Waals surface area contributed by atoms with Crippen LogP contribution in [0.1, 0.15) is 23.2 Å². The van der Waals surface area contributed by atoms with Gasteiger partial charge in [0.2, 0.25) is 5.91 Å². The first-order valence-corrected chi connectivity index (χ1v) is 9.92. The average molecular weight is 391 g/mol. The summed E-state index contributed by atoms with van der Waals surface area (Å²) in [6.07, 6.45) is 1.73. The summed E-state index contributed by atoms with van der Waals surface area (Å²) < 4.78 is 11.0. The van der Waals surface area contributed by atoms with Crippen molar-refractivity contribution in [3.05, 3.63) is 60.2 Å². The number of carbonyl (C=O) groups is 3. The lowest BCUT2D eigenvalue weighted by Crippen LogP contribution is -2.35. The van der Waals surface area contributed by atoms with E-state index in [9.17, 15) is 14.4 Å². The highest BCUT2D eigenvalue weighted by molar-refractivity contribution is 5.97. The van der Waals surface area contributed by atoms with Crippen molar-refractivity contribution in [2.45, 2.75) is 18.9 Å². The van der Waals surface area contributed by atoms with Crippen LogP contribution in [0.15, 0.2) is 54.6 Å². The number of rotatable bonds is 6. The smallest absolute Gasteiger partial charge is 0.310 e. The van der Waals surface area contributed by atoms with E-state index >= 15 is 0 Å². The molecule has 1 aliphatic heterocycles. The molecular weight excluding hydrogens is 370 g/mol. The molecule has 1 saturated heterocycles. The van der Waals surface area contributed by atoms with Gasteiger partial charge in [0.05, 0.1) is 11.8 Å². The van der Waals surface area contributed by atoms with E-state index < -0.39 is 0 Å². The third-order valence-corrected chi connectivity index (χ3v) is 6.37. The van der Waals surface area contributed by atoms with E-state index in [2.05, 4.69) is 5.32 Å². The topological polar surface area (TPSA) is 81.7 Å². The molecule has 2 saturated carbocycles. The molecule has 1 heterocycles. The molecule has 6 nitrogen and oxygen atoms in total. The Kier molecular flexibility index (Phi) is 4.34. The highest BCUT2D eigenvalue weighted by Crippen LogP contribution is 2.57. The fourth-order valence-electron chi connectivity index (χ4n) is 5.08. The van der Waals surface area contributed by atoms with Gasteiger partial charge >= 0.3 is 5.97 Å². The molecule has 148 valence electrons. The van der Waals surface area contributed by atoms with Crippen molar-refractivity contribution < 1.29 is 23.9 Å². The molecule has 2 aliphatic carbocycles. The van der Waals surface area contributed by atoms with E-state index in [1.54, 1.807) is 36.4 Å². The SMILES string of the molecule is O=C(COc1ccc(NC(=O)[C@@H]2[C@@H]3C[C@@H]4[C@H]2C(=O)O[C@@H]4C3)cc1)c1ccccc1. The summed E-state index contributed by atoms with van der Waals surface area (Å²) >= 11 is 0. The molecule has 0 unspecified atom stereocenters. The Balaban J connectivity index is 1.18. The summed E-state index contributed by atoms with van der Waals surface area (Å²) in [4.78, 5) is 37.0. The first-order valence-electron chi connectivity index (χ1n) is 9.92. The summed E-state index contributed by atoms with van der Waals surface area (Å²) in [5.41, 5.74) is 1.25. The molecule has 0 radical (unpaired) electrons. The maximum atomic E-state index is 12.8. The van der Waals surface area contributed by atoms with E-state index in [0.29, 0.717) is 17.0 Å². The predicted octanol–water partition coefficient (Wildman–Crippen LogP) is 3.08. The second-order valence-corrected chi connectivity index (χ2v) is 8.01. The van der Waals surface area contributed by atoms with Gasteiger partial charge in [0.15, 0.2) is 12.4 Å². The van der Waals surface area contributed by atoms with Crippen LogP contribution in [0, 0.1) is 23.7 Å². The molecule has 0 aromatic heterocycles. The lowest BCUT2D eigenvalue weighted by atomic mass is 9.79. The van der Waals surface area contributed by atoms with Gasteiger partial charge in [-0.25, -0.2) is 0 Å². The largest absolute Gasteiger partial charge is 0.485 e. The van der Waals surface area contributed by atoms with E-state index in [0.717, 1.165) is 12.8 Å².